The average molecular weight is 228 g/mol. The van der Waals surface area contributed by atoms with Crippen LogP contribution in [0.2, 0.25) is 0 Å². The van der Waals surface area contributed by atoms with E-state index in [2.05, 4.69) is 0 Å². The Kier molecular flexibility index (Phi) is 3.57. The quantitative estimate of drug-likeness (QED) is 0.769. The van der Waals surface area contributed by atoms with Crippen molar-refractivity contribution in [3.05, 3.63) is 0 Å². The molecule has 4 heteroatoms. The van der Waals surface area contributed by atoms with Crippen molar-refractivity contribution in [2.24, 2.45) is 11.1 Å². The standard InChI is InChI=1S/C11H20N2OS/c12-9-11(3-1-2-4-11)10(14)13-5-7-15-8-6-13/h1-9,12H2. The van der Waals surface area contributed by atoms with Gasteiger partial charge in [0.05, 0.1) is 5.41 Å². The number of carbonyl (C=O) groups excluding carboxylic acids is 1. The molecule has 1 heterocycles. The second-order valence-corrected chi connectivity index (χ2v) is 5.82. The van der Waals surface area contributed by atoms with E-state index in [1.54, 1.807) is 0 Å². The molecular weight excluding hydrogens is 208 g/mol. The zero-order chi connectivity index (χ0) is 10.7. The van der Waals surface area contributed by atoms with Crippen molar-refractivity contribution >= 4 is 17.7 Å². The lowest BCUT2D eigenvalue weighted by molar-refractivity contribution is -0.141. The monoisotopic (exact) mass is 228 g/mol. The van der Waals surface area contributed by atoms with Crippen LogP contribution < -0.4 is 5.73 Å². The molecule has 1 saturated carbocycles. The highest BCUT2D eigenvalue weighted by Crippen LogP contribution is 2.39. The number of nitrogens with two attached hydrogens (primary N) is 1. The first kappa shape index (κ1) is 11.3. The third-order valence-corrected chi connectivity index (χ3v) is 4.65. The van der Waals surface area contributed by atoms with E-state index in [0.29, 0.717) is 12.5 Å². The molecule has 1 aliphatic heterocycles. The van der Waals surface area contributed by atoms with Crippen LogP contribution in [0.1, 0.15) is 25.7 Å². The molecule has 1 aliphatic carbocycles. The highest BCUT2D eigenvalue weighted by molar-refractivity contribution is 7.99. The number of hydrogen-bond donors (Lipinski definition) is 1. The number of amides is 1. The fourth-order valence-corrected chi connectivity index (χ4v) is 3.56. The maximum atomic E-state index is 12.4. The largest absolute Gasteiger partial charge is 0.341 e. The molecule has 0 aromatic carbocycles. The van der Waals surface area contributed by atoms with E-state index in [4.69, 9.17) is 5.73 Å². The second kappa shape index (κ2) is 4.74. The zero-order valence-corrected chi connectivity index (χ0v) is 10.0. The van der Waals surface area contributed by atoms with Crippen molar-refractivity contribution in [1.82, 2.24) is 4.90 Å². The van der Waals surface area contributed by atoms with Crippen molar-refractivity contribution < 1.29 is 4.79 Å². The van der Waals surface area contributed by atoms with Gasteiger partial charge < -0.3 is 10.6 Å². The summed E-state index contributed by atoms with van der Waals surface area (Å²) in [4.78, 5) is 14.4. The SMILES string of the molecule is NCC1(C(=O)N2CCSCC2)CCCC1. The van der Waals surface area contributed by atoms with Crippen molar-refractivity contribution in [1.29, 1.82) is 0 Å². The van der Waals surface area contributed by atoms with E-state index < -0.39 is 0 Å². The van der Waals surface area contributed by atoms with E-state index in [-0.39, 0.29) is 5.41 Å². The summed E-state index contributed by atoms with van der Waals surface area (Å²) in [6, 6.07) is 0. The number of hydrogen-bond acceptors (Lipinski definition) is 3. The fourth-order valence-electron chi connectivity index (χ4n) is 2.66. The molecule has 0 spiro atoms. The number of rotatable bonds is 2. The van der Waals surface area contributed by atoms with Gasteiger partial charge in [-0.25, -0.2) is 0 Å². The summed E-state index contributed by atoms with van der Waals surface area (Å²) in [7, 11) is 0. The molecule has 0 aromatic rings. The average Bonchev–Trinajstić information content (AvgIpc) is 2.79. The molecule has 2 rings (SSSR count). The van der Waals surface area contributed by atoms with E-state index in [0.717, 1.165) is 37.4 Å². The molecule has 0 bridgehead atoms. The highest BCUT2D eigenvalue weighted by atomic mass is 32.2. The third kappa shape index (κ3) is 2.16. The first-order chi connectivity index (χ1) is 7.28. The molecule has 0 unspecified atom stereocenters. The van der Waals surface area contributed by atoms with Gasteiger partial charge in [0.1, 0.15) is 0 Å². The number of thioether (sulfide) groups is 1. The summed E-state index contributed by atoms with van der Waals surface area (Å²) in [5, 5.41) is 0. The minimum Gasteiger partial charge on any atom is -0.341 e. The smallest absolute Gasteiger partial charge is 0.230 e. The van der Waals surface area contributed by atoms with Crippen LogP contribution in [0, 0.1) is 5.41 Å². The molecule has 2 N–H and O–H groups in total. The molecule has 3 nitrogen and oxygen atoms in total. The summed E-state index contributed by atoms with van der Waals surface area (Å²) in [6.07, 6.45) is 4.36. The molecular formula is C11H20N2OS. The van der Waals surface area contributed by atoms with Crippen molar-refractivity contribution in [3.63, 3.8) is 0 Å². The van der Waals surface area contributed by atoms with Crippen LogP contribution in [0.5, 0.6) is 0 Å². The topological polar surface area (TPSA) is 46.3 Å². The van der Waals surface area contributed by atoms with Gasteiger partial charge in [0, 0.05) is 31.1 Å². The molecule has 0 radical (unpaired) electrons. The van der Waals surface area contributed by atoms with Gasteiger partial charge in [0.2, 0.25) is 5.91 Å². The van der Waals surface area contributed by atoms with Crippen LogP contribution in [0.3, 0.4) is 0 Å². The summed E-state index contributed by atoms with van der Waals surface area (Å²) < 4.78 is 0. The van der Waals surface area contributed by atoms with Gasteiger partial charge >= 0.3 is 0 Å². The normalized spacial score (nSPS) is 25.5. The predicted molar refractivity (Wildman–Crippen MR) is 63.9 cm³/mol. The Hall–Kier alpha value is -0.220. The first-order valence-electron chi connectivity index (χ1n) is 5.86. The molecule has 1 saturated heterocycles. The van der Waals surface area contributed by atoms with Gasteiger partial charge in [-0.1, -0.05) is 12.8 Å². The van der Waals surface area contributed by atoms with Crippen LogP contribution in [-0.2, 0) is 4.79 Å². The molecule has 86 valence electrons. The Balaban J connectivity index is 2.03. The van der Waals surface area contributed by atoms with E-state index >= 15 is 0 Å². The Morgan fingerprint density at radius 3 is 2.40 bits per heavy atom. The van der Waals surface area contributed by atoms with Crippen molar-refractivity contribution in [2.45, 2.75) is 25.7 Å². The van der Waals surface area contributed by atoms with Gasteiger partial charge in [-0.05, 0) is 12.8 Å². The van der Waals surface area contributed by atoms with Crippen molar-refractivity contribution in [3.8, 4) is 0 Å². The first-order valence-corrected chi connectivity index (χ1v) is 7.01. The molecule has 2 fully saturated rings. The molecule has 2 aliphatic rings. The third-order valence-electron chi connectivity index (χ3n) is 3.70. The minimum absolute atomic E-state index is 0.192. The number of nitrogens with zero attached hydrogens (tertiary/aromatic N) is 1. The summed E-state index contributed by atoms with van der Waals surface area (Å²) in [5.74, 6) is 2.52. The van der Waals surface area contributed by atoms with Crippen LogP contribution in [0.4, 0.5) is 0 Å². The van der Waals surface area contributed by atoms with Crippen molar-refractivity contribution in [2.75, 3.05) is 31.1 Å². The molecule has 1 amide bonds. The van der Waals surface area contributed by atoms with Crippen LogP contribution in [0.15, 0.2) is 0 Å². The Labute approximate surface area is 95.8 Å². The molecule has 0 atom stereocenters. The summed E-state index contributed by atoms with van der Waals surface area (Å²) >= 11 is 1.94. The lowest BCUT2D eigenvalue weighted by Gasteiger charge is -2.35. The van der Waals surface area contributed by atoms with Crippen LogP contribution >= 0.6 is 11.8 Å². The lowest BCUT2D eigenvalue weighted by atomic mass is 9.84. The molecule has 15 heavy (non-hydrogen) atoms. The predicted octanol–water partition coefficient (Wildman–Crippen LogP) is 1.08. The van der Waals surface area contributed by atoms with Crippen LogP contribution in [-0.4, -0.2) is 41.9 Å². The highest BCUT2D eigenvalue weighted by Gasteiger charge is 2.42. The molecule has 0 aromatic heterocycles. The van der Waals surface area contributed by atoms with Gasteiger partial charge in [0.25, 0.3) is 0 Å². The summed E-state index contributed by atoms with van der Waals surface area (Å²) in [6.45, 7) is 2.38. The maximum Gasteiger partial charge on any atom is 0.230 e. The Morgan fingerprint density at radius 1 is 1.27 bits per heavy atom. The van der Waals surface area contributed by atoms with Gasteiger partial charge in [-0.2, -0.15) is 11.8 Å². The van der Waals surface area contributed by atoms with E-state index in [1.165, 1.54) is 12.8 Å². The van der Waals surface area contributed by atoms with E-state index in [1.807, 2.05) is 16.7 Å². The van der Waals surface area contributed by atoms with Crippen LogP contribution in [0.25, 0.3) is 0 Å². The Morgan fingerprint density at radius 2 is 1.87 bits per heavy atom. The van der Waals surface area contributed by atoms with Gasteiger partial charge in [-0.3, -0.25) is 4.79 Å². The summed E-state index contributed by atoms with van der Waals surface area (Å²) in [5.41, 5.74) is 5.63. The minimum atomic E-state index is -0.192. The van der Waals surface area contributed by atoms with Gasteiger partial charge in [0.15, 0.2) is 0 Å². The lowest BCUT2D eigenvalue weighted by Crippen LogP contribution is -2.49. The second-order valence-electron chi connectivity index (χ2n) is 4.60. The maximum absolute atomic E-state index is 12.4. The Bertz CT molecular complexity index is 233. The zero-order valence-electron chi connectivity index (χ0n) is 9.21. The van der Waals surface area contributed by atoms with E-state index in [9.17, 15) is 4.79 Å². The fraction of sp³-hybridized carbons (Fsp3) is 0.909. The van der Waals surface area contributed by atoms with Gasteiger partial charge in [-0.15, -0.1) is 0 Å². The number of carbonyl (C=O) groups is 1.